The van der Waals surface area contributed by atoms with Gasteiger partial charge in [-0.15, -0.1) is 5.10 Å². The van der Waals surface area contributed by atoms with Gasteiger partial charge in [-0.1, -0.05) is 25.4 Å². The average Bonchev–Trinajstić information content (AvgIpc) is 2.72. The summed E-state index contributed by atoms with van der Waals surface area (Å²) in [7, 11) is 0. The molecule has 0 saturated carbocycles. The fraction of sp³-hybridized carbons (Fsp3) is 0.846. The monoisotopic (exact) mass is 254 g/mol. The number of rotatable bonds is 6. The van der Waals surface area contributed by atoms with Crippen molar-refractivity contribution in [1.82, 2.24) is 15.5 Å². The van der Waals surface area contributed by atoms with Crippen LogP contribution in [0.4, 0.5) is 6.01 Å². The number of nitrogens with one attached hydrogen (secondary N) is 2. The Balaban J connectivity index is 2.48. The number of hydrogen-bond donors (Lipinski definition) is 2. The second-order valence-corrected chi connectivity index (χ2v) is 5.92. The fourth-order valence-electron chi connectivity index (χ4n) is 1.41. The minimum Gasteiger partial charge on any atom is -0.407 e. The molecule has 1 aromatic heterocycles. The van der Waals surface area contributed by atoms with E-state index in [1.54, 1.807) is 0 Å². The zero-order valence-corrected chi connectivity index (χ0v) is 12.4. The fourth-order valence-corrected chi connectivity index (χ4v) is 1.41. The van der Waals surface area contributed by atoms with Crippen molar-refractivity contribution < 1.29 is 4.42 Å². The van der Waals surface area contributed by atoms with Crippen molar-refractivity contribution in [1.29, 1.82) is 0 Å². The van der Waals surface area contributed by atoms with Crippen LogP contribution in [0.25, 0.3) is 0 Å². The van der Waals surface area contributed by atoms with Crippen LogP contribution in [0.3, 0.4) is 0 Å². The molecule has 0 aliphatic carbocycles. The molecular formula is C13H26N4O. The van der Waals surface area contributed by atoms with Crippen LogP contribution in [0.5, 0.6) is 0 Å². The minimum atomic E-state index is 0.0477. The summed E-state index contributed by atoms with van der Waals surface area (Å²) >= 11 is 0. The highest BCUT2D eigenvalue weighted by molar-refractivity contribution is 5.19. The molecule has 5 nitrogen and oxygen atoms in total. The van der Waals surface area contributed by atoms with E-state index in [2.05, 4.69) is 62.4 Å². The third-order valence-electron chi connectivity index (χ3n) is 3.09. The van der Waals surface area contributed by atoms with Crippen LogP contribution in [0.1, 0.15) is 53.9 Å². The molecule has 2 N–H and O–H groups in total. The Morgan fingerprint density at radius 2 is 1.89 bits per heavy atom. The Labute approximate surface area is 110 Å². The van der Waals surface area contributed by atoms with Crippen LogP contribution in [0.2, 0.25) is 0 Å². The maximum atomic E-state index is 5.55. The Morgan fingerprint density at radius 3 is 2.44 bits per heavy atom. The average molecular weight is 254 g/mol. The molecule has 2 atom stereocenters. The van der Waals surface area contributed by atoms with Gasteiger partial charge >= 0.3 is 6.01 Å². The van der Waals surface area contributed by atoms with Crippen molar-refractivity contribution in [3.8, 4) is 0 Å². The molecule has 0 amide bonds. The Hall–Kier alpha value is -1.10. The van der Waals surface area contributed by atoms with E-state index in [-0.39, 0.29) is 5.54 Å². The van der Waals surface area contributed by atoms with Gasteiger partial charge in [0.2, 0.25) is 5.89 Å². The summed E-state index contributed by atoms with van der Waals surface area (Å²) in [5.41, 5.74) is 0.0477. The van der Waals surface area contributed by atoms with Crippen molar-refractivity contribution in [2.24, 2.45) is 5.92 Å². The molecule has 0 saturated heterocycles. The van der Waals surface area contributed by atoms with E-state index >= 15 is 0 Å². The first-order valence-electron chi connectivity index (χ1n) is 6.65. The molecule has 1 aromatic rings. The van der Waals surface area contributed by atoms with Crippen molar-refractivity contribution in [2.45, 2.75) is 66.1 Å². The first kappa shape index (κ1) is 15.0. The van der Waals surface area contributed by atoms with Crippen molar-refractivity contribution >= 4 is 6.01 Å². The Morgan fingerprint density at radius 1 is 1.22 bits per heavy atom. The van der Waals surface area contributed by atoms with E-state index in [9.17, 15) is 0 Å². The SMILES string of the molecule is CCC(C)C(C)Nc1nnc(CNC(C)(C)C)o1. The maximum absolute atomic E-state index is 5.55. The van der Waals surface area contributed by atoms with Gasteiger partial charge in [-0.05, 0) is 33.6 Å². The molecule has 0 aliphatic heterocycles. The van der Waals surface area contributed by atoms with Gasteiger partial charge in [0.1, 0.15) is 0 Å². The first-order valence-corrected chi connectivity index (χ1v) is 6.65. The summed E-state index contributed by atoms with van der Waals surface area (Å²) < 4.78 is 5.55. The quantitative estimate of drug-likeness (QED) is 0.817. The lowest BCUT2D eigenvalue weighted by atomic mass is 10.0. The number of aromatic nitrogens is 2. The zero-order chi connectivity index (χ0) is 13.8. The summed E-state index contributed by atoms with van der Waals surface area (Å²) in [6.45, 7) is 13.4. The second-order valence-electron chi connectivity index (χ2n) is 5.92. The first-order chi connectivity index (χ1) is 8.31. The molecule has 0 spiro atoms. The van der Waals surface area contributed by atoms with E-state index in [0.29, 0.717) is 30.4 Å². The highest BCUT2D eigenvalue weighted by Crippen LogP contribution is 2.14. The minimum absolute atomic E-state index is 0.0477. The van der Waals surface area contributed by atoms with Gasteiger partial charge in [0.25, 0.3) is 0 Å². The third kappa shape index (κ3) is 5.04. The standard InChI is InChI=1S/C13H26N4O/c1-7-9(2)10(3)15-12-17-16-11(18-12)8-14-13(4,5)6/h9-10,14H,7-8H2,1-6H3,(H,15,17). The molecular weight excluding hydrogens is 228 g/mol. The maximum Gasteiger partial charge on any atom is 0.315 e. The van der Waals surface area contributed by atoms with Gasteiger partial charge < -0.3 is 15.1 Å². The van der Waals surface area contributed by atoms with E-state index in [4.69, 9.17) is 4.42 Å². The smallest absolute Gasteiger partial charge is 0.315 e. The number of nitrogens with zero attached hydrogens (tertiary/aromatic N) is 2. The van der Waals surface area contributed by atoms with Crippen LogP contribution in [0, 0.1) is 5.92 Å². The summed E-state index contributed by atoms with van der Waals surface area (Å²) in [6.07, 6.45) is 1.13. The largest absolute Gasteiger partial charge is 0.407 e. The van der Waals surface area contributed by atoms with Gasteiger partial charge in [0.15, 0.2) is 0 Å². The predicted octanol–water partition coefficient (Wildman–Crippen LogP) is 2.80. The molecule has 0 fully saturated rings. The molecule has 1 rings (SSSR count). The molecule has 0 radical (unpaired) electrons. The van der Waals surface area contributed by atoms with Gasteiger partial charge in [0, 0.05) is 11.6 Å². The number of hydrogen-bond acceptors (Lipinski definition) is 5. The van der Waals surface area contributed by atoms with Crippen LogP contribution in [-0.2, 0) is 6.54 Å². The molecule has 0 aliphatic rings. The molecule has 0 aromatic carbocycles. The van der Waals surface area contributed by atoms with Crippen LogP contribution >= 0.6 is 0 Å². The summed E-state index contributed by atoms with van der Waals surface area (Å²) in [6, 6.07) is 0.840. The molecule has 0 bridgehead atoms. The van der Waals surface area contributed by atoms with E-state index in [1.165, 1.54) is 0 Å². The van der Waals surface area contributed by atoms with E-state index in [1.807, 2.05) is 0 Å². The lowest BCUT2D eigenvalue weighted by molar-refractivity contribution is 0.381. The van der Waals surface area contributed by atoms with Gasteiger partial charge in [-0.2, -0.15) is 0 Å². The highest BCUT2D eigenvalue weighted by atomic mass is 16.4. The van der Waals surface area contributed by atoms with Crippen molar-refractivity contribution in [3.63, 3.8) is 0 Å². The molecule has 2 unspecified atom stereocenters. The number of anilines is 1. The van der Waals surface area contributed by atoms with Gasteiger partial charge in [-0.3, -0.25) is 0 Å². The third-order valence-corrected chi connectivity index (χ3v) is 3.09. The van der Waals surface area contributed by atoms with Gasteiger partial charge in [0.05, 0.1) is 6.54 Å². The van der Waals surface area contributed by atoms with Gasteiger partial charge in [-0.25, -0.2) is 0 Å². The summed E-state index contributed by atoms with van der Waals surface area (Å²) in [5.74, 6) is 1.19. The molecule has 18 heavy (non-hydrogen) atoms. The molecule has 1 heterocycles. The second kappa shape index (κ2) is 6.18. The Kier molecular flexibility index (Phi) is 5.14. The van der Waals surface area contributed by atoms with Crippen molar-refractivity contribution in [3.05, 3.63) is 5.89 Å². The Bertz CT molecular complexity index is 356. The molecule has 104 valence electrons. The van der Waals surface area contributed by atoms with Crippen LogP contribution < -0.4 is 10.6 Å². The lowest BCUT2D eigenvalue weighted by Gasteiger charge is -2.19. The van der Waals surface area contributed by atoms with Crippen molar-refractivity contribution in [2.75, 3.05) is 5.32 Å². The summed E-state index contributed by atoms with van der Waals surface area (Å²) in [5, 5.41) is 14.6. The van der Waals surface area contributed by atoms with Crippen LogP contribution in [-0.4, -0.2) is 21.8 Å². The predicted molar refractivity (Wildman–Crippen MR) is 73.4 cm³/mol. The normalized spacial score (nSPS) is 15.4. The van der Waals surface area contributed by atoms with Crippen LogP contribution in [0.15, 0.2) is 4.42 Å². The highest BCUT2D eigenvalue weighted by Gasteiger charge is 2.15. The lowest BCUT2D eigenvalue weighted by Crippen LogP contribution is -2.35. The van der Waals surface area contributed by atoms with E-state index < -0.39 is 0 Å². The van der Waals surface area contributed by atoms with E-state index in [0.717, 1.165) is 6.42 Å². The molecule has 5 heteroatoms. The summed E-state index contributed by atoms with van der Waals surface area (Å²) in [4.78, 5) is 0. The topological polar surface area (TPSA) is 63.0 Å². The zero-order valence-electron chi connectivity index (χ0n) is 12.4.